The van der Waals surface area contributed by atoms with Gasteiger partial charge in [0.25, 0.3) is 5.69 Å². The topological polar surface area (TPSA) is 102 Å². The van der Waals surface area contributed by atoms with Crippen molar-refractivity contribution in [3.8, 4) is 0 Å². The van der Waals surface area contributed by atoms with E-state index in [1.807, 2.05) is 0 Å². The van der Waals surface area contributed by atoms with Crippen LogP contribution >= 0.6 is 23.1 Å². The van der Waals surface area contributed by atoms with Crippen LogP contribution in [0, 0.1) is 10.1 Å². The van der Waals surface area contributed by atoms with E-state index in [2.05, 4.69) is 4.99 Å². The number of carbonyl (C=O) groups excluding carboxylic acids is 1. The molecule has 0 amide bonds. The Morgan fingerprint density at radius 2 is 2.21 bits per heavy atom. The Balaban J connectivity index is 1.93. The number of esters is 1. The van der Waals surface area contributed by atoms with E-state index in [1.54, 1.807) is 25.3 Å². The summed E-state index contributed by atoms with van der Waals surface area (Å²) < 4.78 is 5.23. The Hall–Kier alpha value is -2.23. The van der Waals surface area contributed by atoms with Crippen LogP contribution in [-0.2, 0) is 17.6 Å². The summed E-state index contributed by atoms with van der Waals surface area (Å²) in [5.41, 5.74) is 2.12. The molecule has 7 nitrogen and oxygen atoms in total. The Bertz CT molecular complexity index is 939. The van der Waals surface area contributed by atoms with E-state index in [1.165, 1.54) is 34.0 Å². The number of aliphatic hydroxyl groups excluding tert-OH is 1. The van der Waals surface area contributed by atoms with E-state index in [9.17, 15) is 14.9 Å². The molecule has 1 N–H and O–H groups in total. The van der Waals surface area contributed by atoms with Crippen molar-refractivity contribution in [3.63, 3.8) is 0 Å². The van der Waals surface area contributed by atoms with Gasteiger partial charge in [-0.25, -0.2) is 9.79 Å². The summed E-state index contributed by atoms with van der Waals surface area (Å²) >= 11 is 2.73. The number of aliphatic hydroxyl groups is 1. The van der Waals surface area contributed by atoms with Gasteiger partial charge in [0.05, 0.1) is 28.6 Å². The minimum absolute atomic E-state index is 0.0245. The predicted octanol–water partition coefficient (Wildman–Crippen LogP) is 4.55. The van der Waals surface area contributed by atoms with E-state index < -0.39 is 4.92 Å². The van der Waals surface area contributed by atoms with Crippen molar-refractivity contribution < 1.29 is 19.6 Å². The normalized spacial score (nSPS) is 13.4. The molecule has 0 spiro atoms. The molecule has 0 aliphatic heterocycles. The first-order chi connectivity index (χ1) is 14.0. The van der Waals surface area contributed by atoms with Crippen LogP contribution in [0.25, 0.3) is 0 Å². The second kappa shape index (κ2) is 10.00. The van der Waals surface area contributed by atoms with Gasteiger partial charge in [0.2, 0.25) is 0 Å². The number of ether oxygens (including phenoxy) is 1. The fourth-order valence-electron chi connectivity index (χ4n) is 3.22. The minimum Gasteiger partial charge on any atom is -0.462 e. The number of nitro benzene ring substituents is 1. The number of hydrogen-bond donors (Lipinski definition) is 1. The zero-order chi connectivity index (χ0) is 20.8. The van der Waals surface area contributed by atoms with E-state index in [0.717, 1.165) is 31.2 Å². The fourth-order valence-corrected chi connectivity index (χ4v) is 5.20. The molecule has 1 aliphatic rings. The molecule has 0 unspecified atom stereocenters. The lowest BCUT2D eigenvalue weighted by atomic mass is 9.95. The molecule has 0 fully saturated rings. The molecule has 1 heterocycles. The third-order valence-electron chi connectivity index (χ3n) is 4.49. The summed E-state index contributed by atoms with van der Waals surface area (Å²) in [5.74, 6) is 0.0264. The Morgan fingerprint density at radius 1 is 1.41 bits per heavy atom. The van der Waals surface area contributed by atoms with Crippen LogP contribution in [0.2, 0.25) is 0 Å². The molecule has 0 bridgehead atoms. The van der Waals surface area contributed by atoms with Crippen molar-refractivity contribution in [1.82, 2.24) is 0 Å². The molecule has 1 aromatic heterocycles. The number of aliphatic imine (C=N–C) groups is 1. The Morgan fingerprint density at radius 3 is 2.93 bits per heavy atom. The highest BCUT2D eigenvalue weighted by Gasteiger charge is 2.26. The molecule has 3 rings (SSSR count). The Kier molecular flexibility index (Phi) is 7.40. The molecule has 0 saturated carbocycles. The van der Waals surface area contributed by atoms with Gasteiger partial charge in [0, 0.05) is 22.9 Å². The maximum absolute atomic E-state index is 12.5. The van der Waals surface area contributed by atoms with Crippen LogP contribution in [-0.4, -0.2) is 41.2 Å². The molecule has 1 aromatic carbocycles. The quantitative estimate of drug-likeness (QED) is 0.215. The molecule has 29 heavy (non-hydrogen) atoms. The highest BCUT2D eigenvalue weighted by molar-refractivity contribution is 7.99. The minimum atomic E-state index is -0.440. The van der Waals surface area contributed by atoms with Gasteiger partial charge in [0.1, 0.15) is 5.00 Å². The van der Waals surface area contributed by atoms with Crippen LogP contribution in [0.1, 0.15) is 46.1 Å². The lowest BCUT2D eigenvalue weighted by molar-refractivity contribution is -0.387. The van der Waals surface area contributed by atoms with Gasteiger partial charge in [-0.3, -0.25) is 10.1 Å². The molecular weight excluding hydrogens is 412 g/mol. The van der Waals surface area contributed by atoms with E-state index in [0.29, 0.717) is 33.4 Å². The first kappa shape index (κ1) is 21.5. The summed E-state index contributed by atoms with van der Waals surface area (Å²) in [7, 11) is 0. The smallest absolute Gasteiger partial charge is 0.341 e. The van der Waals surface area contributed by atoms with E-state index in [-0.39, 0.29) is 18.3 Å². The van der Waals surface area contributed by atoms with Crippen molar-refractivity contribution in [2.75, 3.05) is 19.0 Å². The predicted molar refractivity (Wildman–Crippen MR) is 115 cm³/mol. The average molecular weight is 435 g/mol. The van der Waals surface area contributed by atoms with E-state index >= 15 is 0 Å². The number of hydrogen-bond acceptors (Lipinski definition) is 8. The summed E-state index contributed by atoms with van der Waals surface area (Å²) in [5, 5.41) is 20.9. The third-order valence-corrected chi connectivity index (χ3v) is 6.73. The Labute approximate surface area is 177 Å². The van der Waals surface area contributed by atoms with Crippen molar-refractivity contribution >= 4 is 46.0 Å². The van der Waals surface area contributed by atoms with Crippen LogP contribution in [0.15, 0.2) is 28.1 Å². The number of thioether (sulfide) groups is 1. The molecule has 0 radical (unpaired) electrons. The number of benzene rings is 1. The van der Waals surface area contributed by atoms with Gasteiger partial charge in [-0.05, 0) is 49.8 Å². The number of nitro groups is 1. The molecule has 154 valence electrons. The van der Waals surface area contributed by atoms with Gasteiger partial charge in [0.15, 0.2) is 0 Å². The lowest BCUT2D eigenvalue weighted by Gasteiger charge is -2.11. The van der Waals surface area contributed by atoms with Crippen molar-refractivity contribution in [2.45, 2.75) is 37.5 Å². The summed E-state index contributed by atoms with van der Waals surface area (Å²) in [6.07, 6.45) is 5.46. The van der Waals surface area contributed by atoms with Crippen LogP contribution < -0.4 is 0 Å². The molecule has 9 heteroatoms. The standard InChI is InChI=1S/C20H22N2O5S2/c1-2-27-20(24)18-14-5-3-4-6-16(14)29-19(18)21-12-13-7-8-17(28-10-9-23)15(11-13)22(25)26/h7-8,11-12,23H,2-6,9-10H2,1H3/b21-12+. The molecule has 1 aliphatic carbocycles. The highest BCUT2D eigenvalue weighted by Crippen LogP contribution is 2.40. The lowest BCUT2D eigenvalue weighted by Crippen LogP contribution is -2.09. The zero-order valence-electron chi connectivity index (χ0n) is 16.1. The first-order valence-corrected chi connectivity index (χ1v) is 11.2. The third kappa shape index (κ3) is 5.04. The second-order valence-electron chi connectivity index (χ2n) is 6.43. The molecule has 0 atom stereocenters. The zero-order valence-corrected chi connectivity index (χ0v) is 17.7. The maximum atomic E-state index is 12.5. The van der Waals surface area contributed by atoms with E-state index in [4.69, 9.17) is 9.84 Å². The maximum Gasteiger partial charge on any atom is 0.341 e. The van der Waals surface area contributed by atoms with Crippen LogP contribution in [0.4, 0.5) is 10.7 Å². The number of aryl methyl sites for hydroxylation is 1. The summed E-state index contributed by atoms with van der Waals surface area (Å²) in [6.45, 7) is 2.02. The van der Waals surface area contributed by atoms with Crippen molar-refractivity contribution in [2.24, 2.45) is 4.99 Å². The molecular formula is C20H22N2O5S2. The van der Waals surface area contributed by atoms with Gasteiger partial charge in [-0.1, -0.05) is 6.07 Å². The monoisotopic (exact) mass is 434 g/mol. The first-order valence-electron chi connectivity index (χ1n) is 9.43. The van der Waals surface area contributed by atoms with Crippen LogP contribution in [0.5, 0.6) is 0 Å². The van der Waals surface area contributed by atoms with Gasteiger partial charge >= 0.3 is 5.97 Å². The number of rotatable bonds is 8. The fraction of sp³-hybridized carbons (Fsp3) is 0.400. The van der Waals surface area contributed by atoms with Crippen molar-refractivity contribution in [1.29, 1.82) is 0 Å². The molecule has 2 aromatic rings. The number of fused-ring (bicyclic) bond motifs is 1. The number of thiophene rings is 1. The second-order valence-corrected chi connectivity index (χ2v) is 8.65. The number of nitrogens with zero attached hydrogens (tertiary/aromatic N) is 2. The van der Waals surface area contributed by atoms with Crippen LogP contribution in [0.3, 0.4) is 0 Å². The SMILES string of the molecule is CCOC(=O)c1c(/N=C/c2ccc(SCCO)c([N+](=O)[O-])c2)sc2c1CCCC2. The van der Waals surface area contributed by atoms with Gasteiger partial charge < -0.3 is 9.84 Å². The average Bonchev–Trinajstić information content (AvgIpc) is 3.09. The molecule has 0 saturated heterocycles. The largest absolute Gasteiger partial charge is 0.462 e. The summed E-state index contributed by atoms with van der Waals surface area (Å²) in [4.78, 5) is 29.6. The highest BCUT2D eigenvalue weighted by atomic mass is 32.2. The number of carbonyl (C=O) groups is 1. The van der Waals surface area contributed by atoms with Crippen molar-refractivity contribution in [3.05, 3.63) is 49.9 Å². The summed E-state index contributed by atoms with van der Waals surface area (Å²) in [6, 6.07) is 4.86. The van der Waals surface area contributed by atoms with Gasteiger partial charge in [-0.15, -0.1) is 23.1 Å². The van der Waals surface area contributed by atoms with Gasteiger partial charge in [-0.2, -0.15) is 0 Å².